The van der Waals surface area contributed by atoms with E-state index in [0.717, 1.165) is 0 Å². The maximum absolute atomic E-state index is 2.00. The minimum atomic E-state index is 2.00. The molecule has 1 rings (SSSR count). The van der Waals surface area contributed by atoms with E-state index in [2.05, 4.69) is 0 Å². The Balaban J connectivity index is 3.00. The van der Waals surface area contributed by atoms with Crippen LogP contribution in [0.1, 0.15) is 0 Å². The summed E-state index contributed by atoms with van der Waals surface area (Å²) in [7, 11) is 0. The number of hydrogen-bond donors (Lipinski definition) is 0. The number of rotatable bonds is 0. The van der Waals surface area contributed by atoms with E-state index in [4.69, 9.17) is 0 Å². The molecule has 0 radical (unpaired) electrons. The fourth-order valence-corrected chi connectivity index (χ4v) is 0.385. The second kappa shape index (κ2) is 1.76. The Morgan fingerprint density at radius 2 is 1.50 bits per heavy atom. The summed E-state index contributed by atoms with van der Waals surface area (Å²) >= 11 is 0. The van der Waals surface area contributed by atoms with Gasteiger partial charge in [-0.25, -0.2) is 0 Å². The standard InChI is InChI=1S/C5H5B/c1-2-4-6-5-3-1/h1-5H. The van der Waals surface area contributed by atoms with E-state index in [-0.39, 0.29) is 0 Å². The van der Waals surface area contributed by atoms with E-state index in [1.165, 1.54) is 0 Å². The predicted molar refractivity (Wildman–Crippen MR) is 27.8 cm³/mol. The molecule has 0 fully saturated rings. The molecule has 0 bridgehead atoms. The van der Waals surface area contributed by atoms with Gasteiger partial charge in [0.2, 0.25) is 0 Å². The third-order valence-corrected chi connectivity index (χ3v) is 0.667. The van der Waals surface area contributed by atoms with Crippen molar-refractivity contribution in [3.05, 3.63) is 30.1 Å². The Kier molecular flexibility index (Phi) is 1.05. The van der Waals surface area contributed by atoms with Crippen LogP contribution in [-0.2, 0) is 0 Å². The van der Waals surface area contributed by atoms with Gasteiger partial charge in [-0.05, 0) is 0 Å². The van der Waals surface area contributed by atoms with Crippen LogP contribution in [0.5, 0.6) is 0 Å². The van der Waals surface area contributed by atoms with Gasteiger partial charge in [0.05, 0.1) is 0 Å². The van der Waals surface area contributed by atoms with Gasteiger partial charge >= 0.3 is 37.0 Å². The molecule has 0 N–H and O–H groups in total. The van der Waals surface area contributed by atoms with Crippen LogP contribution in [0.3, 0.4) is 0 Å². The van der Waals surface area contributed by atoms with Gasteiger partial charge in [-0.1, -0.05) is 0 Å². The van der Waals surface area contributed by atoms with Gasteiger partial charge in [0.15, 0.2) is 0 Å². The van der Waals surface area contributed by atoms with Crippen molar-refractivity contribution in [2.24, 2.45) is 0 Å². The number of hydrogen-bond acceptors (Lipinski definition) is 0. The van der Waals surface area contributed by atoms with Crippen LogP contribution in [0.2, 0.25) is 0 Å². The van der Waals surface area contributed by atoms with Crippen molar-refractivity contribution in [3.63, 3.8) is 0 Å². The van der Waals surface area contributed by atoms with E-state index in [9.17, 15) is 0 Å². The second-order valence-corrected chi connectivity index (χ2v) is 1.15. The first-order valence-electron chi connectivity index (χ1n) is 2.00. The van der Waals surface area contributed by atoms with Crippen molar-refractivity contribution >= 4 is 6.91 Å². The second-order valence-electron chi connectivity index (χ2n) is 1.15. The Bertz CT molecular complexity index is 75.9. The van der Waals surface area contributed by atoms with Crippen molar-refractivity contribution in [2.45, 2.75) is 0 Å². The van der Waals surface area contributed by atoms with E-state index in [1.54, 1.807) is 0 Å². The fourth-order valence-electron chi connectivity index (χ4n) is 0.385. The quantitative estimate of drug-likeness (QED) is 0.432. The molecule has 0 spiro atoms. The van der Waals surface area contributed by atoms with Crippen molar-refractivity contribution < 1.29 is 0 Å². The molecular weight excluding hydrogens is 70.9 g/mol. The van der Waals surface area contributed by atoms with E-state index < -0.39 is 0 Å². The van der Waals surface area contributed by atoms with Gasteiger partial charge < -0.3 is 0 Å². The predicted octanol–water partition coefficient (Wildman–Crippen LogP) is 1.02. The molecule has 1 heterocycles. The molecule has 0 aliphatic carbocycles. The van der Waals surface area contributed by atoms with Crippen molar-refractivity contribution in [2.75, 3.05) is 0 Å². The molecule has 0 amide bonds. The van der Waals surface area contributed by atoms with Crippen molar-refractivity contribution in [1.82, 2.24) is 0 Å². The SMILES string of the molecule is b1ccccc1. The van der Waals surface area contributed by atoms with Crippen LogP contribution < -0.4 is 0 Å². The molecule has 0 saturated heterocycles. The summed E-state index contributed by atoms with van der Waals surface area (Å²) in [5.74, 6) is 4.00. The molecule has 0 aromatic carbocycles. The Labute approximate surface area is 38.0 Å². The van der Waals surface area contributed by atoms with Crippen LogP contribution in [0.15, 0.2) is 30.1 Å². The zero-order chi connectivity index (χ0) is 4.24. The Morgan fingerprint density at radius 3 is 1.67 bits per heavy atom. The van der Waals surface area contributed by atoms with Crippen LogP contribution in [-0.4, -0.2) is 6.91 Å². The monoisotopic (exact) mass is 76.0 g/mol. The van der Waals surface area contributed by atoms with Gasteiger partial charge in [0, 0.05) is 0 Å². The molecule has 1 aromatic heterocycles. The average Bonchev–Trinajstić information content (AvgIpc) is 1.72. The van der Waals surface area contributed by atoms with E-state index in [0.29, 0.717) is 0 Å². The topological polar surface area (TPSA) is 0 Å². The summed E-state index contributed by atoms with van der Waals surface area (Å²) in [5.41, 5.74) is 0. The fraction of sp³-hybridized carbons (Fsp3) is 0. The summed E-state index contributed by atoms with van der Waals surface area (Å²) < 4.78 is 0. The molecule has 6 heavy (non-hydrogen) atoms. The molecule has 28 valence electrons. The van der Waals surface area contributed by atoms with Crippen LogP contribution in [0.4, 0.5) is 0 Å². The van der Waals surface area contributed by atoms with Crippen LogP contribution in [0, 0.1) is 0 Å². The normalized spacial score (nSPS) is 7.33. The molecule has 0 unspecified atom stereocenters. The maximum atomic E-state index is 2.00. The molecule has 0 nitrogen and oxygen atoms in total. The Morgan fingerprint density at radius 1 is 0.833 bits per heavy atom. The first kappa shape index (κ1) is 3.60. The molecule has 0 atom stereocenters. The van der Waals surface area contributed by atoms with Crippen molar-refractivity contribution in [3.8, 4) is 0 Å². The molecular formula is C5H5B. The van der Waals surface area contributed by atoms with Gasteiger partial charge in [0.1, 0.15) is 0 Å². The van der Waals surface area contributed by atoms with Gasteiger partial charge in [-0.15, -0.1) is 0 Å². The third kappa shape index (κ3) is 0.679. The molecule has 1 aromatic rings. The molecule has 0 saturated carbocycles. The summed E-state index contributed by atoms with van der Waals surface area (Å²) in [6, 6.07) is 6.00. The van der Waals surface area contributed by atoms with E-state index in [1.807, 2.05) is 37.0 Å². The van der Waals surface area contributed by atoms with E-state index >= 15 is 0 Å². The molecule has 1 heteroatoms. The first-order valence-corrected chi connectivity index (χ1v) is 2.00. The Hall–Kier alpha value is -0.585. The zero-order valence-corrected chi connectivity index (χ0v) is 3.46. The van der Waals surface area contributed by atoms with Gasteiger partial charge in [0.25, 0.3) is 0 Å². The van der Waals surface area contributed by atoms with Crippen LogP contribution >= 0.6 is 0 Å². The zero-order valence-electron chi connectivity index (χ0n) is 3.46. The summed E-state index contributed by atoms with van der Waals surface area (Å²) in [4.78, 5) is 0. The van der Waals surface area contributed by atoms with Gasteiger partial charge in [-0.2, -0.15) is 0 Å². The summed E-state index contributed by atoms with van der Waals surface area (Å²) in [6.07, 6.45) is 0. The molecule has 0 aliphatic rings. The van der Waals surface area contributed by atoms with Crippen molar-refractivity contribution in [1.29, 1.82) is 0 Å². The first-order chi connectivity index (χ1) is 3.00. The third-order valence-electron chi connectivity index (χ3n) is 0.667. The van der Waals surface area contributed by atoms with Crippen LogP contribution in [0.25, 0.3) is 0 Å². The molecule has 0 aliphatic heterocycles. The summed E-state index contributed by atoms with van der Waals surface area (Å²) in [6.45, 7) is 2.00. The van der Waals surface area contributed by atoms with Gasteiger partial charge in [-0.3, -0.25) is 0 Å². The minimum absolute atomic E-state index is 2.00. The average molecular weight is 75.9 g/mol. The summed E-state index contributed by atoms with van der Waals surface area (Å²) in [5, 5.41) is 0.